The first kappa shape index (κ1) is 10.0. The number of allylic oxidation sites excluding steroid dienone is 1. The summed E-state index contributed by atoms with van der Waals surface area (Å²) in [4.78, 5) is 10.8. The number of rotatable bonds is 1. The number of para-hydroxylation sites is 1. The summed E-state index contributed by atoms with van der Waals surface area (Å²) in [5.74, 6) is 0.753. The van der Waals surface area contributed by atoms with Crippen LogP contribution in [0.4, 0.5) is 11.6 Å². The van der Waals surface area contributed by atoms with E-state index in [1.165, 1.54) is 16.8 Å². The van der Waals surface area contributed by atoms with Gasteiger partial charge >= 0.3 is 0 Å². The molecule has 1 aromatic heterocycles. The molecule has 0 amide bonds. The Bertz CT molecular complexity index is 561. The maximum atomic E-state index is 4.31. The highest BCUT2D eigenvalue weighted by atomic mass is 15.3. The summed E-state index contributed by atoms with van der Waals surface area (Å²) < 4.78 is 0. The van der Waals surface area contributed by atoms with Crippen molar-refractivity contribution >= 4 is 17.2 Å². The molecule has 0 fully saturated rings. The summed E-state index contributed by atoms with van der Waals surface area (Å²) in [6, 6.07) is 10.2. The molecule has 17 heavy (non-hydrogen) atoms. The Balaban J connectivity index is 2.11. The maximum absolute atomic E-state index is 4.31. The largest absolute Gasteiger partial charge is 0.306 e. The van der Waals surface area contributed by atoms with Crippen molar-refractivity contribution in [2.24, 2.45) is 0 Å². The summed E-state index contributed by atoms with van der Waals surface area (Å²) in [6.45, 7) is 2.97. The van der Waals surface area contributed by atoms with E-state index in [4.69, 9.17) is 0 Å². The quantitative estimate of drug-likeness (QED) is 0.744. The average Bonchev–Trinajstić information content (AvgIpc) is 2.41. The number of fused-ring (bicyclic) bond motifs is 1. The van der Waals surface area contributed by atoms with Gasteiger partial charge < -0.3 is 4.90 Å². The van der Waals surface area contributed by atoms with Crippen LogP contribution in [0, 0.1) is 0 Å². The minimum Gasteiger partial charge on any atom is -0.306 e. The van der Waals surface area contributed by atoms with Crippen molar-refractivity contribution < 1.29 is 0 Å². The Morgan fingerprint density at radius 1 is 1.06 bits per heavy atom. The van der Waals surface area contributed by atoms with Crippen LogP contribution < -0.4 is 4.90 Å². The predicted octanol–water partition coefficient (Wildman–Crippen LogP) is 3.03. The predicted molar refractivity (Wildman–Crippen MR) is 69.1 cm³/mol. The van der Waals surface area contributed by atoms with Crippen LogP contribution in [0.1, 0.15) is 12.5 Å². The topological polar surface area (TPSA) is 29.0 Å². The third-order valence-electron chi connectivity index (χ3n) is 2.99. The Labute approximate surface area is 100 Å². The molecule has 1 aliphatic heterocycles. The molecule has 2 heterocycles. The van der Waals surface area contributed by atoms with Gasteiger partial charge in [-0.3, -0.25) is 0 Å². The van der Waals surface area contributed by atoms with Crippen molar-refractivity contribution in [3.63, 3.8) is 0 Å². The molecule has 1 aliphatic rings. The van der Waals surface area contributed by atoms with Gasteiger partial charge in [0.2, 0.25) is 5.95 Å². The fourth-order valence-corrected chi connectivity index (χ4v) is 2.10. The Morgan fingerprint density at radius 2 is 1.82 bits per heavy atom. The van der Waals surface area contributed by atoms with Gasteiger partial charge in [-0.2, -0.15) is 0 Å². The lowest BCUT2D eigenvalue weighted by Gasteiger charge is -2.28. The van der Waals surface area contributed by atoms with Crippen LogP contribution in [-0.4, -0.2) is 16.5 Å². The summed E-state index contributed by atoms with van der Waals surface area (Å²) in [5, 5.41) is 0. The van der Waals surface area contributed by atoms with Gasteiger partial charge in [0.25, 0.3) is 0 Å². The molecule has 2 aromatic rings. The number of aromatic nitrogens is 2. The number of hydrogen-bond acceptors (Lipinski definition) is 3. The summed E-state index contributed by atoms with van der Waals surface area (Å²) in [7, 11) is 0. The third kappa shape index (κ3) is 1.69. The van der Waals surface area contributed by atoms with Crippen LogP contribution in [0.5, 0.6) is 0 Å². The number of benzene rings is 1. The molecule has 1 aromatic carbocycles. The monoisotopic (exact) mass is 223 g/mol. The SMILES string of the molecule is CC1=CCN(c2ncccn2)c2ccccc21. The lowest BCUT2D eigenvalue weighted by atomic mass is 10.0. The van der Waals surface area contributed by atoms with E-state index < -0.39 is 0 Å². The van der Waals surface area contributed by atoms with Crippen molar-refractivity contribution in [2.45, 2.75) is 6.92 Å². The van der Waals surface area contributed by atoms with Crippen molar-refractivity contribution in [3.05, 3.63) is 54.4 Å². The zero-order valence-corrected chi connectivity index (χ0v) is 9.67. The van der Waals surface area contributed by atoms with Gasteiger partial charge in [0.05, 0.1) is 5.69 Å². The van der Waals surface area contributed by atoms with E-state index in [2.05, 4.69) is 46.1 Å². The van der Waals surface area contributed by atoms with Gasteiger partial charge in [-0.1, -0.05) is 24.3 Å². The minimum atomic E-state index is 0.753. The highest BCUT2D eigenvalue weighted by Gasteiger charge is 2.18. The van der Waals surface area contributed by atoms with Gasteiger partial charge in [0.1, 0.15) is 0 Å². The molecular weight excluding hydrogens is 210 g/mol. The minimum absolute atomic E-state index is 0.753. The van der Waals surface area contributed by atoms with E-state index >= 15 is 0 Å². The first-order chi connectivity index (χ1) is 8.36. The fourth-order valence-electron chi connectivity index (χ4n) is 2.10. The zero-order valence-electron chi connectivity index (χ0n) is 9.67. The van der Waals surface area contributed by atoms with Crippen LogP contribution in [0.15, 0.2) is 48.8 Å². The van der Waals surface area contributed by atoms with Crippen molar-refractivity contribution in [3.8, 4) is 0 Å². The molecule has 0 atom stereocenters. The van der Waals surface area contributed by atoms with Crippen molar-refractivity contribution in [1.82, 2.24) is 9.97 Å². The van der Waals surface area contributed by atoms with E-state index in [-0.39, 0.29) is 0 Å². The first-order valence-electron chi connectivity index (χ1n) is 5.67. The van der Waals surface area contributed by atoms with E-state index in [0.717, 1.165) is 12.5 Å². The molecule has 0 saturated heterocycles. The molecule has 0 spiro atoms. The van der Waals surface area contributed by atoms with Gasteiger partial charge in [0.15, 0.2) is 0 Å². The molecule has 0 unspecified atom stereocenters. The van der Waals surface area contributed by atoms with E-state index in [1.807, 2.05) is 12.1 Å². The number of hydrogen-bond donors (Lipinski definition) is 0. The van der Waals surface area contributed by atoms with Crippen LogP contribution in [0.3, 0.4) is 0 Å². The average molecular weight is 223 g/mol. The van der Waals surface area contributed by atoms with Crippen molar-refractivity contribution in [2.75, 3.05) is 11.4 Å². The molecule has 3 rings (SSSR count). The molecule has 0 aliphatic carbocycles. The smallest absolute Gasteiger partial charge is 0.230 e. The van der Waals surface area contributed by atoms with Crippen molar-refractivity contribution in [1.29, 1.82) is 0 Å². The summed E-state index contributed by atoms with van der Waals surface area (Å²) in [5.41, 5.74) is 3.75. The third-order valence-corrected chi connectivity index (χ3v) is 2.99. The van der Waals surface area contributed by atoms with E-state index in [1.54, 1.807) is 12.4 Å². The molecule has 3 nitrogen and oxygen atoms in total. The first-order valence-corrected chi connectivity index (χ1v) is 5.67. The number of anilines is 2. The second-order valence-corrected chi connectivity index (χ2v) is 4.06. The Morgan fingerprint density at radius 3 is 2.65 bits per heavy atom. The molecule has 0 bridgehead atoms. The van der Waals surface area contributed by atoms with Gasteiger partial charge in [0, 0.05) is 24.5 Å². The lowest BCUT2D eigenvalue weighted by molar-refractivity contribution is 0.976. The molecule has 0 saturated carbocycles. The van der Waals surface area contributed by atoms with E-state index in [9.17, 15) is 0 Å². The molecule has 0 radical (unpaired) electrons. The highest BCUT2D eigenvalue weighted by molar-refractivity contribution is 5.81. The second kappa shape index (κ2) is 4.01. The van der Waals surface area contributed by atoms with Crippen LogP contribution in [0.2, 0.25) is 0 Å². The highest BCUT2D eigenvalue weighted by Crippen LogP contribution is 2.33. The van der Waals surface area contributed by atoms with Crippen LogP contribution >= 0.6 is 0 Å². The van der Waals surface area contributed by atoms with Crippen LogP contribution in [-0.2, 0) is 0 Å². The van der Waals surface area contributed by atoms with Gasteiger partial charge in [-0.25, -0.2) is 9.97 Å². The molecule has 3 heteroatoms. The molecule has 84 valence electrons. The second-order valence-electron chi connectivity index (χ2n) is 4.06. The Hall–Kier alpha value is -2.16. The molecule has 0 N–H and O–H groups in total. The molecular formula is C14H13N3. The van der Waals surface area contributed by atoms with Gasteiger partial charge in [-0.05, 0) is 24.6 Å². The zero-order chi connectivity index (χ0) is 11.7. The van der Waals surface area contributed by atoms with Crippen LogP contribution in [0.25, 0.3) is 5.57 Å². The summed E-state index contributed by atoms with van der Waals surface area (Å²) >= 11 is 0. The normalized spacial score (nSPS) is 14.2. The van der Waals surface area contributed by atoms with Gasteiger partial charge in [-0.15, -0.1) is 0 Å². The standard InChI is InChI=1S/C14H13N3/c1-11-7-10-17(14-15-8-4-9-16-14)13-6-3-2-5-12(11)13/h2-9H,10H2,1H3. The summed E-state index contributed by atoms with van der Waals surface area (Å²) in [6.07, 6.45) is 5.75. The maximum Gasteiger partial charge on any atom is 0.230 e. The van der Waals surface area contributed by atoms with E-state index in [0.29, 0.717) is 0 Å². The Kier molecular flexibility index (Phi) is 2.37. The fraction of sp³-hybridized carbons (Fsp3) is 0.143. The number of nitrogens with zero attached hydrogens (tertiary/aromatic N) is 3. The lowest BCUT2D eigenvalue weighted by Crippen LogP contribution is -2.23.